The Morgan fingerprint density at radius 1 is 1.39 bits per heavy atom. The van der Waals surface area contributed by atoms with E-state index in [-0.39, 0.29) is 0 Å². The van der Waals surface area contributed by atoms with Crippen molar-refractivity contribution in [3.05, 3.63) is 17.7 Å². The lowest BCUT2D eigenvalue weighted by atomic mass is 10.2. The lowest BCUT2D eigenvalue weighted by molar-refractivity contribution is 0.168. The van der Waals surface area contributed by atoms with Gasteiger partial charge in [-0.3, -0.25) is 0 Å². The molecule has 8 heteroatoms. The third-order valence-corrected chi connectivity index (χ3v) is 3.04. The summed E-state index contributed by atoms with van der Waals surface area (Å²) >= 11 is 0. The number of hydrogen-bond acceptors (Lipinski definition) is 6. The zero-order valence-corrected chi connectivity index (χ0v) is 10.1. The van der Waals surface area contributed by atoms with Crippen LogP contribution in [0.3, 0.4) is 0 Å². The van der Waals surface area contributed by atoms with E-state index in [1.54, 1.807) is 10.9 Å². The molecule has 0 radical (unpaired) electrons. The first-order chi connectivity index (χ1) is 8.78. The molecule has 0 aromatic carbocycles. The van der Waals surface area contributed by atoms with Crippen molar-refractivity contribution < 1.29 is 5.11 Å². The van der Waals surface area contributed by atoms with Gasteiger partial charge in [-0.2, -0.15) is 0 Å². The molecule has 96 valence electrons. The normalized spacial score (nSPS) is 17.0. The van der Waals surface area contributed by atoms with Gasteiger partial charge < -0.3 is 5.11 Å². The molecule has 1 fully saturated rings. The molecule has 0 spiro atoms. The Morgan fingerprint density at radius 3 is 2.94 bits per heavy atom. The number of tetrazole rings is 1. The number of aromatic nitrogens is 7. The van der Waals surface area contributed by atoms with Crippen LogP contribution >= 0.6 is 0 Å². The molecule has 2 aromatic heterocycles. The maximum Gasteiger partial charge on any atom is 0.173 e. The fourth-order valence-corrected chi connectivity index (χ4v) is 1.82. The van der Waals surface area contributed by atoms with Crippen molar-refractivity contribution in [1.29, 1.82) is 0 Å². The minimum atomic E-state index is -0.557. The molecule has 8 nitrogen and oxygen atoms in total. The third kappa shape index (κ3) is 2.10. The first-order valence-electron chi connectivity index (χ1n) is 6.12. The fourth-order valence-electron chi connectivity index (χ4n) is 1.82. The van der Waals surface area contributed by atoms with Crippen molar-refractivity contribution in [2.45, 2.75) is 44.9 Å². The first-order valence-corrected chi connectivity index (χ1v) is 6.12. The standard InChI is InChI=1S/C10H15N7O/c1-2-9(18)8-5-16(14-11-8)6-10-12-13-15-17(10)7-3-4-7/h5,7,9,18H,2-4,6H2,1H3. The Kier molecular flexibility index (Phi) is 2.78. The van der Waals surface area contributed by atoms with Crippen LogP contribution in [0.4, 0.5) is 0 Å². The van der Waals surface area contributed by atoms with E-state index >= 15 is 0 Å². The van der Waals surface area contributed by atoms with Gasteiger partial charge in [0, 0.05) is 0 Å². The van der Waals surface area contributed by atoms with Crippen LogP contribution in [0.15, 0.2) is 6.20 Å². The van der Waals surface area contributed by atoms with E-state index in [1.807, 2.05) is 11.6 Å². The summed E-state index contributed by atoms with van der Waals surface area (Å²) in [5, 5.41) is 29.2. The van der Waals surface area contributed by atoms with Gasteiger partial charge in [-0.05, 0) is 29.7 Å². The molecule has 3 rings (SSSR count). The molecule has 0 aliphatic heterocycles. The number of hydrogen-bond donors (Lipinski definition) is 1. The lowest BCUT2D eigenvalue weighted by Gasteiger charge is -2.02. The summed E-state index contributed by atoms with van der Waals surface area (Å²) in [4.78, 5) is 0. The quantitative estimate of drug-likeness (QED) is 0.807. The summed E-state index contributed by atoms with van der Waals surface area (Å²) in [6.45, 7) is 2.38. The van der Waals surface area contributed by atoms with Crippen LogP contribution < -0.4 is 0 Å². The molecule has 2 aromatic rings. The predicted molar refractivity (Wildman–Crippen MR) is 60.5 cm³/mol. The summed E-state index contributed by atoms with van der Waals surface area (Å²) in [6.07, 6.45) is 4.07. The average Bonchev–Trinajstić information content (AvgIpc) is 2.95. The molecule has 1 aliphatic carbocycles. The molecule has 1 unspecified atom stereocenters. The summed E-state index contributed by atoms with van der Waals surface area (Å²) in [5.74, 6) is 0.778. The van der Waals surface area contributed by atoms with Crippen LogP contribution in [0.5, 0.6) is 0 Å². The predicted octanol–water partition coefficient (Wildman–Crippen LogP) is 0.0912. The Balaban J connectivity index is 1.75. The van der Waals surface area contributed by atoms with Gasteiger partial charge in [0.15, 0.2) is 5.82 Å². The minimum Gasteiger partial charge on any atom is -0.387 e. The molecule has 0 amide bonds. The van der Waals surface area contributed by atoms with Gasteiger partial charge in [0.05, 0.1) is 18.3 Å². The molecular weight excluding hydrogens is 234 g/mol. The van der Waals surface area contributed by atoms with Gasteiger partial charge in [-0.1, -0.05) is 12.1 Å². The third-order valence-electron chi connectivity index (χ3n) is 3.04. The lowest BCUT2D eigenvalue weighted by Crippen LogP contribution is -2.09. The van der Waals surface area contributed by atoms with Crippen molar-refractivity contribution in [2.24, 2.45) is 0 Å². The van der Waals surface area contributed by atoms with Gasteiger partial charge in [0.25, 0.3) is 0 Å². The second-order valence-electron chi connectivity index (χ2n) is 4.54. The zero-order chi connectivity index (χ0) is 12.5. The van der Waals surface area contributed by atoms with Crippen LogP contribution in [-0.2, 0) is 6.54 Å². The molecule has 1 aliphatic rings. The largest absolute Gasteiger partial charge is 0.387 e. The smallest absolute Gasteiger partial charge is 0.173 e. The number of nitrogens with zero attached hydrogens (tertiary/aromatic N) is 7. The van der Waals surface area contributed by atoms with Crippen LogP contribution in [0, 0.1) is 0 Å². The van der Waals surface area contributed by atoms with Crippen molar-refractivity contribution in [1.82, 2.24) is 35.2 Å². The minimum absolute atomic E-state index is 0.444. The summed E-state index contributed by atoms with van der Waals surface area (Å²) in [6, 6.07) is 0.444. The highest BCUT2D eigenvalue weighted by Crippen LogP contribution is 2.34. The Labute approximate surface area is 104 Å². The van der Waals surface area contributed by atoms with Gasteiger partial charge in [0.2, 0.25) is 0 Å². The second-order valence-corrected chi connectivity index (χ2v) is 4.54. The van der Waals surface area contributed by atoms with E-state index in [1.165, 1.54) is 0 Å². The van der Waals surface area contributed by atoms with Crippen molar-refractivity contribution in [3.8, 4) is 0 Å². The van der Waals surface area contributed by atoms with E-state index in [9.17, 15) is 5.11 Å². The highest BCUT2D eigenvalue weighted by Gasteiger charge is 2.27. The van der Waals surface area contributed by atoms with E-state index < -0.39 is 6.10 Å². The number of aliphatic hydroxyl groups is 1. The van der Waals surface area contributed by atoms with E-state index in [4.69, 9.17) is 0 Å². The van der Waals surface area contributed by atoms with E-state index in [0.29, 0.717) is 24.7 Å². The molecular formula is C10H15N7O. The highest BCUT2D eigenvalue weighted by atomic mass is 16.3. The fraction of sp³-hybridized carbons (Fsp3) is 0.700. The molecule has 1 N–H and O–H groups in total. The Morgan fingerprint density at radius 2 is 2.22 bits per heavy atom. The molecule has 1 saturated carbocycles. The van der Waals surface area contributed by atoms with Crippen molar-refractivity contribution in [3.63, 3.8) is 0 Å². The van der Waals surface area contributed by atoms with E-state index in [0.717, 1.165) is 18.7 Å². The number of aliphatic hydroxyl groups excluding tert-OH is 1. The molecule has 2 heterocycles. The molecule has 0 bridgehead atoms. The zero-order valence-electron chi connectivity index (χ0n) is 10.1. The SMILES string of the molecule is CCC(O)c1cn(Cc2nnnn2C2CC2)nn1. The summed E-state index contributed by atoms with van der Waals surface area (Å²) in [7, 11) is 0. The highest BCUT2D eigenvalue weighted by molar-refractivity contribution is 4.98. The van der Waals surface area contributed by atoms with E-state index in [2.05, 4.69) is 25.8 Å². The first kappa shape index (κ1) is 11.3. The summed E-state index contributed by atoms with van der Waals surface area (Å²) in [5.41, 5.74) is 0.586. The maximum absolute atomic E-state index is 9.66. The molecule has 0 saturated heterocycles. The maximum atomic E-state index is 9.66. The number of rotatable bonds is 5. The van der Waals surface area contributed by atoms with Gasteiger partial charge in [0.1, 0.15) is 12.2 Å². The Bertz CT molecular complexity index is 530. The molecule has 18 heavy (non-hydrogen) atoms. The van der Waals surface area contributed by atoms with Gasteiger partial charge in [-0.25, -0.2) is 9.36 Å². The monoisotopic (exact) mass is 249 g/mol. The summed E-state index contributed by atoms with van der Waals surface area (Å²) < 4.78 is 3.50. The average molecular weight is 249 g/mol. The van der Waals surface area contributed by atoms with Gasteiger partial charge >= 0.3 is 0 Å². The van der Waals surface area contributed by atoms with Crippen molar-refractivity contribution in [2.75, 3.05) is 0 Å². The Hall–Kier alpha value is -1.83. The second kappa shape index (κ2) is 4.45. The topological polar surface area (TPSA) is 94.5 Å². The van der Waals surface area contributed by atoms with Gasteiger partial charge in [-0.15, -0.1) is 10.2 Å². The molecule has 1 atom stereocenters. The van der Waals surface area contributed by atoms with Crippen LogP contribution in [0.25, 0.3) is 0 Å². The van der Waals surface area contributed by atoms with Crippen LogP contribution in [-0.4, -0.2) is 40.3 Å². The van der Waals surface area contributed by atoms with Crippen LogP contribution in [0.1, 0.15) is 49.9 Å². The van der Waals surface area contributed by atoms with Crippen molar-refractivity contribution >= 4 is 0 Å². The van der Waals surface area contributed by atoms with Crippen LogP contribution in [0.2, 0.25) is 0 Å².